The quantitative estimate of drug-likeness (QED) is 0.176. The second-order valence-corrected chi connectivity index (χ2v) is 15.3. The average Bonchev–Trinajstić information content (AvgIpc) is 3.79. The predicted molar refractivity (Wildman–Crippen MR) is 240 cm³/mol. The summed E-state index contributed by atoms with van der Waals surface area (Å²) in [6.07, 6.45) is 2.04. The molecule has 270 valence electrons. The molecule has 1 aliphatic carbocycles. The van der Waals surface area contributed by atoms with Gasteiger partial charge < -0.3 is 4.57 Å². The fourth-order valence-corrected chi connectivity index (χ4v) is 9.86. The van der Waals surface area contributed by atoms with E-state index >= 15 is 0 Å². The standard InChI is InChI=1S/C55H35N3/c1-5-18-37(19-6-1)52-49(35-56-54(57-52)38-20-7-2-8-21-38)58-48-34-40-23-14-13-22-39(40)33-46(48)44-31-32-47-50(53(44)58)45-30-29-36-17-15-16-28-43(36)51(45)55(47,41-24-9-3-10-25-41)42-26-11-4-12-27-42/h1-35H. The molecule has 0 amide bonds. The maximum absolute atomic E-state index is 5.42. The maximum Gasteiger partial charge on any atom is 0.159 e. The summed E-state index contributed by atoms with van der Waals surface area (Å²) in [5, 5.41) is 7.27. The van der Waals surface area contributed by atoms with Gasteiger partial charge in [-0.3, -0.25) is 0 Å². The van der Waals surface area contributed by atoms with E-state index in [4.69, 9.17) is 9.97 Å². The lowest BCUT2D eigenvalue weighted by atomic mass is 9.66. The van der Waals surface area contributed by atoms with Crippen LogP contribution in [0.5, 0.6) is 0 Å². The number of aromatic nitrogens is 3. The third-order valence-corrected chi connectivity index (χ3v) is 12.3. The largest absolute Gasteiger partial charge is 0.305 e. The highest BCUT2D eigenvalue weighted by molar-refractivity contribution is 6.20. The fourth-order valence-electron chi connectivity index (χ4n) is 9.86. The van der Waals surface area contributed by atoms with E-state index in [2.05, 4.69) is 193 Å². The zero-order chi connectivity index (χ0) is 38.2. The Morgan fingerprint density at radius 2 is 1.03 bits per heavy atom. The van der Waals surface area contributed by atoms with Crippen molar-refractivity contribution in [2.75, 3.05) is 0 Å². The molecule has 0 fully saturated rings. The zero-order valence-corrected chi connectivity index (χ0v) is 31.5. The van der Waals surface area contributed by atoms with Crippen molar-refractivity contribution in [2.24, 2.45) is 0 Å². The van der Waals surface area contributed by atoms with E-state index in [1.165, 1.54) is 65.7 Å². The molecule has 12 rings (SSSR count). The van der Waals surface area contributed by atoms with Crippen molar-refractivity contribution in [3.8, 4) is 39.5 Å². The Bertz CT molecular complexity index is 3330. The third-order valence-electron chi connectivity index (χ3n) is 12.3. The Morgan fingerprint density at radius 1 is 0.448 bits per heavy atom. The van der Waals surface area contributed by atoms with Crippen molar-refractivity contribution in [1.29, 1.82) is 0 Å². The Morgan fingerprint density at radius 3 is 1.72 bits per heavy atom. The molecule has 0 bridgehead atoms. The molecule has 58 heavy (non-hydrogen) atoms. The van der Waals surface area contributed by atoms with E-state index < -0.39 is 5.41 Å². The highest BCUT2D eigenvalue weighted by Crippen LogP contribution is 2.60. The first-order valence-corrected chi connectivity index (χ1v) is 19.9. The molecule has 0 saturated heterocycles. The summed E-state index contributed by atoms with van der Waals surface area (Å²) in [6.45, 7) is 0. The lowest BCUT2D eigenvalue weighted by molar-refractivity contribution is 0.776. The molecule has 0 saturated carbocycles. The molecular formula is C55H35N3. The maximum atomic E-state index is 5.42. The fraction of sp³-hybridized carbons (Fsp3) is 0.0182. The van der Waals surface area contributed by atoms with E-state index in [-0.39, 0.29) is 0 Å². The van der Waals surface area contributed by atoms with E-state index in [0.29, 0.717) is 5.82 Å². The lowest BCUT2D eigenvalue weighted by Gasteiger charge is -2.34. The smallest absolute Gasteiger partial charge is 0.159 e. The van der Waals surface area contributed by atoms with Crippen LogP contribution in [0.15, 0.2) is 212 Å². The molecule has 9 aromatic carbocycles. The van der Waals surface area contributed by atoms with Crippen LogP contribution in [0, 0.1) is 0 Å². The van der Waals surface area contributed by atoms with Crippen molar-refractivity contribution in [3.63, 3.8) is 0 Å². The Kier molecular flexibility index (Phi) is 7.14. The van der Waals surface area contributed by atoms with Crippen LogP contribution in [0.1, 0.15) is 22.3 Å². The molecule has 0 unspecified atom stereocenters. The third kappa shape index (κ3) is 4.62. The van der Waals surface area contributed by atoms with Crippen molar-refractivity contribution >= 4 is 43.4 Å². The molecule has 0 spiro atoms. The number of nitrogens with zero attached hydrogens (tertiary/aromatic N) is 3. The van der Waals surface area contributed by atoms with Crippen molar-refractivity contribution in [2.45, 2.75) is 5.41 Å². The van der Waals surface area contributed by atoms with E-state index in [1.54, 1.807) is 0 Å². The summed E-state index contributed by atoms with van der Waals surface area (Å²) in [4.78, 5) is 10.6. The van der Waals surface area contributed by atoms with Gasteiger partial charge in [0.25, 0.3) is 0 Å². The van der Waals surface area contributed by atoms with Crippen LogP contribution >= 0.6 is 0 Å². The minimum Gasteiger partial charge on any atom is -0.305 e. The summed E-state index contributed by atoms with van der Waals surface area (Å²) in [5.74, 6) is 0.698. The molecule has 0 aliphatic heterocycles. The van der Waals surface area contributed by atoms with Crippen LogP contribution in [0.2, 0.25) is 0 Å². The number of fused-ring (bicyclic) bond motifs is 10. The topological polar surface area (TPSA) is 30.7 Å². The Hall–Kier alpha value is -7.62. The van der Waals surface area contributed by atoms with Gasteiger partial charge in [-0.05, 0) is 61.5 Å². The van der Waals surface area contributed by atoms with Gasteiger partial charge in [0.05, 0.1) is 34.0 Å². The minimum absolute atomic E-state index is 0.593. The number of hydrogen-bond donors (Lipinski definition) is 0. The average molecular weight is 738 g/mol. The summed E-state index contributed by atoms with van der Waals surface area (Å²) in [7, 11) is 0. The number of hydrogen-bond acceptors (Lipinski definition) is 2. The van der Waals surface area contributed by atoms with E-state index in [0.717, 1.165) is 33.5 Å². The highest BCUT2D eigenvalue weighted by atomic mass is 15.0. The molecule has 1 aliphatic rings. The first-order chi connectivity index (χ1) is 28.8. The molecule has 2 aromatic heterocycles. The second-order valence-electron chi connectivity index (χ2n) is 15.3. The van der Waals surface area contributed by atoms with Crippen molar-refractivity contribution in [1.82, 2.24) is 14.5 Å². The number of rotatable bonds is 5. The molecule has 2 heterocycles. The van der Waals surface area contributed by atoms with Gasteiger partial charge in [-0.15, -0.1) is 0 Å². The van der Waals surface area contributed by atoms with Crippen LogP contribution < -0.4 is 0 Å². The van der Waals surface area contributed by atoms with Gasteiger partial charge in [0, 0.05) is 27.5 Å². The minimum atomic E-state index is -0.593. The van der Waals surface area contributed by atoms with Gasteiger partial charge in [0.2, 0.25) is 0 Å². The summed E-state index contributed by atoms with van der Waals surface area (Å²) in [6, 6.07) is 74.8. The van der Waals surface area contributed by atoms with Gasteiger partial charge in [-0.1, -0.05) is 194 Å². The molecule has 3 heteroatoms. The normalized spacial score (nSPS) is 13.0. The van der Waals surface area contributed by atoms with Crippen LogP contribution in [-0.2, 0) is 5.41 Å². The number of benzene rings is 9. The first kappa shape index (κ1) is 32.6. The van der Waals surface area contributed by atoms with Gasteiger partial charge in [0.15, 0.2) is 5.82 Å². The van der Waals surface area contributed by atoms with Crippen LogP contribution in [-0.4, -0.2) is 14.5 Å². The van der Waals surface area contributed by atoms with Crippen LogP contribution in [0.4, 0.5) is 0 Å². The van der Waals surface area contributed by atoms with E-state index in [1.807, 2.05) is 24.4 Å². The van der Waals surface area contributed by atoms with Crippen molar-refractivity contribution in [3.05, 3.63) is 235 Å². The molecule has 0 atom stereocenters. The summed E-state index contributed by atoms with van der Waals surface area (Å²) in [5.41, 5.74) is 13.1. The molecule has 11 aromatic rings. The Balaban J connectivity index is 1.30. The molecule has 0 N–H and O–H groups in total. The summed E-state index contributed by atoms with van der Waals surface area (Å²) < 4.78 is 2.47. The Labute approximate surface area is 336 Å². The molecular weight excluding hydrogens is 703 g/mol. The van der Waals surface area contributed by atoms with Crippen LogP contribution in [0.3, 0.4) is 0 Å². The van der Waals surface area contributed by atoms with Gasteiger partial charge in [-0.25, -0.2) is 9.97 Å². The van der Waals surface area contributed by atoms with Crippen LogP contribution in [0.25, 0.3) is 82.8 Å². The SMILES string of the molecule is c1ccc(-c2ncc(-n3c4cc5ccccc5cc4c4ccc5c(c43)-c3ccc4ccccc4c3C5(c3ccccc3)c3ccccc3)c(-c3ccccc3)n2)cc1. The van der Waals surface area contributed by atoms with Gasteiger partial charge in [-0.2, -0.15) is 0 Å². The zero-order valence-electron chi connectivity index (χ0n) is 31.5. The van der Waals surface area contributed by atoms with Crippen molar-refractivity contribution < 1.29 is 0 Å². The van der Waals surface area contributed by atoms with Gasteiger partial charge >= 0.3 is 0 Å². The molecule has 0 radical (unpaired) electrons. The highest BCUT2D eigenvalue weighted by Gasteiger charge is 2.48. The predicted octanol–water partition coefficient (Wildman–Crippen LogP) is 13.6. The second kappa shape index (κ2) is 12.7. The molecule has 3 nitrogen and oxygen atoms in total. The van der Waals surface area contributed by atoms with Gasteiger partial charge in [0.1, 0.15) is 0 Å². The monoisotopic (exact) mass is 737 g/mol. The van der Waals surface area contributed by atoms with E-state index in [9.17, 15) is 0 Å². The first-order valence-electron chi connectivity index (χ1n) is 19.9. The lowest BCUT2D eigenvalue weighted by Crippen LogP contribution is -2.28. The summed E-state index contributed by atoms with van der Waals surface area (Å²) >= 11 is 0.